The van der Waals surface area contributed by atoms with Crippen LogP contribution in [-0.2, 0) is 22.6 Å². The van der Waals surface area contributed by atoms with Gasteiger partial charge in [-0.05, 0) is 11.1 Å². The lowest BCUT2D eigenvalue weighted by Crippen LogP contribution is -2.33. The van der Waals surface area contributed by atoms with Gasteiger partial charge in [-0.3, -0.25) is 19.9 Å². The van der Waals surface area contributed by atoms with E-state index in [1.165, 1.54) is 0 Å². The summed E-state index contributed by atoms with van der Waals surface area (Å²) < 4.78 is 0. The van der Waals surface area contributed by atoms with Crippen LogP contribution in [0.15, 0.2) is 24.3 Å². The van der Waals surface area contributed by atoms with Crippen LogP contribution in [0.3, 0.4) is 0 Å². The number of hydrogen-bond donors (Lipinski definition) is 3. The zero-order chi connectivity index (χ0) is 13.8. The van der Waals surface area contributed by atoms with Gasteiger partial charge in [0.15, 0.2) is 0 Å². The second-order valence-electron chi connectivity index (χ2n) is 4.15. The third kappa shape index (κ3) is 2.89. The molecule has 2 rings (SSSR count). The third-order valence-corrected chi connectivity index (χ3v) is 2.90. The molecule has 7 nitrogen and oxygen atoms in total. The summed E-state index contributed by atoms with van der Waals surface area (Å²) in [6.07, 6.45) is 0.107. The molecule has 1 aliphatic heterocycles. The first-order valence-electron chi connectivity index (χ1n) is 5.76. The maximum atomic E-state index is 11.5. The molecule has 1 heterocycles. The number of nitrogens with one attached hydrogen (secondary N) is 2. The van der Waals surface area contributed by atoms with Gasteiger partial charge in [-0.15, -0.1) is 0 Å². The van der Waals surface area contributed by atoms with Crippen LogP contribution < -0.4 is 16.6 Å². The van der Waals surface area contributed by atoms with Gasteiger partial charge in [0.1, 0.15) is 0 Å². The number of carbonyl (C=O) groups is 3. The molecule has 0 radical (unpaired) electrons. The standard InChI is InChI=1S/C12H14N4O3/c13-15-10(17)5-8-3-1-2-4-9(8)7-16-11(18)6-14-12(16)19/h1-4H,5-7,13H2,(H,14,19)(H,15,17). The third-order valence-electron chi connectivity index (χ3n) is 2.90. The lowest BCUT2D eigenvalue weighted by Gasteiger charge is -2.15. The van der Waals surface area contributed by atoms with Crippen LogP contribution >= 0.6 is 0 Å². The number of carbonyl (C=O) groups excluding carboxylic acids is 3. The van der Waals surface area contributed by atoms with Gasteiger partial charge in [0, 0.05) is 0 Å². The van der Waals surface area contributed by atoms with Crippen molar-refractivity contribution in [1.82, 2.24) is 15.6 Å². The molecular weight excluding hydrogens is 248 g/mol. The Morgan fingerprint density at radius 3 is 2.58 bits per heavy atom. The van der Waals surface area contributed by atoms with E-state index in [1.54, 1.807) is 24.3 Å². The number of nitrogens with two attached hydrogens (primary N) is 1. The van der Waals surface area contributed by atoms with Crippen molar-refractivity contribution in [1.29, 1.82) is 0 Å². The zero-order valence-electron chi connectivity index (χ0n) is 10.2. The summed E-state index contributed by atoms with van der Waals surface area (Å²) in [4.78, 5) is 35.4. The van der Waals surface area contributed by atoms with E-state index in [0.29, 0.717) is 0 Å². The first kappa shape index (κ1) is 13.0. The Bertz CT molecular complexity index is 513. The molecule has 19 heavy (non-hydrogen) atoms. The van der Waals surface area contributed by atoms with E-state index in [-0.39, 0.29) is 31.3 Å². The van der Waals surface area contributed by atoms with Gasteiger partial charge in [-0.2, -0.15) is 0 Å². The summed E-state index contributed by atoms with van der Waals surface area (Å²) >= 11 is 0. The van der Waals surface area contributed by atoms with Crippen molar-refractivity contribution >= 4 is 17.8 Å². The van der Waals surface area contributed by atoms with Gasteiger partial charge in [0.2, 0.25) is 11.8 Å². The highest BCUT2D eigenvalue weighted by molar-refractivity contribution is 6.01. The fraction of sp³-hybridized carbons (Fsp3) is 0.250. The summed E-state index contributed by atoms with van der Waals surface area (Å²) in [5, 5.41) is 2.45. The van der Waals surface area contributed by atoms with Gasteiger partial charge >= 0.3 is 6.03 Å². The Morgan fingerprint density at radius 1 is 1.32 bits per heavy atom. The molecule has 100 valence electrons. The zero-order valence-corrected chi connectivity index (χ0v) is 10.2. The van der Waals surface area contributed by atoms with Gasteiger partial charge in [0.25, 0.3) is 0 Å². The number of hydrogen-bond acceptors (Lipinski definition) is 4. The number of amides is 4. The monoisotopic (exact) mass is 262 g/mol. The fourth-order valence-electron chi connectivity index (χ4n) is 1.89. The van der Waals surface area contributed by atoms with Crippen LogP contribution in [0.5, 0.6) is 0 Å². The Hall–Kier alpha value is -2.41. The van der Waals surface area contributed by atoms with Crippen LogP contribution in [-0.4, -0.2) is 29.3 Å². The number of rotatable bonds is 4. The first-order valence-corrected chi connectivity index (χ1v) is 5.76. The maximum Gasteiger partial charge on any atom is 0.324 e. The van der Waals surface area contributed by atoms with Crippen molar-refractivity contribution < 1.29 is 14.4 Å². The Kier molecular flexibility index (Phi) is 3.76. The van der Waals surface area contributed by atoms with Crippen LogP contribution in [0.1, 0.15) is 11.1 Å². The molecule has 1 aromatic rings. The molecule has 4 amide bonds. The average Bonchev–Trinajstić information content (AvgIpc) is 2.72. The van der Waals surface area contributed by atoms with Gasteiger partial charge < -0.3 is 5.32 Å². The van der Waals surface area contributed by atoms with Crippen LogP contribution in [0, 0.1) is 0 Å². The molecule has 0 unspecified atom stereocenters. The van der Waals surface area contributed by atoms with E-state index in [0.717, 1.165) is 16.0 Å². The minimum absolute atomic E-state index is 0.0181. The number of imide groups is 1. The van der Waals surface area contributed by atoms with Gasteiger partial charge in [0.05, 0.1) is 19.5 Å². The summed E-state index contributed by atoms with van der Waals surface area (Å²) in [7, 11) is 0. The highest BCUT2D eigenvalue weighted by Gasteiger charge is 2.28. The lowest BCUT2D eigenvalue weighted by molar-refractivity contribution is -0.125. The Morgan fingerprint density at radius 2 is 2.00 bits per heavy atom. The smallest absolute Gasteiger partial charge is 0.324 e. The van der Waals surface area contributed by atoms with E-state index < -0.39 is 6.03 Å². The first-order chi connectivity index (χ1) is 9.11. The number of urea groups is 1. The molecule has 1 aliphatic rings. The highest BCUT2D eigenvalue weighted by atomic mass is 16.2. The second-order valence-corrected chi connectivity index (χ2v) is 4.15. The maximum absolute atomic E-state index is 11.5. The number of hydrazine groups is 1. The minimum Gasteiger partial charge on any atom is -0.329 e. The molecule has 1 fully saturated rings. The van der Waals surface area contributed by atoms with Crippen molar-refractivity contribution in [3.05, 3.63) is 35.4 Å². The van der Waals surface area contributed by atoms with Gasteiger partial charge in [-0.1, -0.05) is 24.3 Å². The Labute approximate surface area is 109 Å². The van der Waals surface area contributed by atoms with Crippen LogP contribution in [0.4, 0.5) is 4.79 Å². The van der Waals surface area contributed by atoms with Crippen molar-refractivity contribution in [2.24, 2.45) is 5.84 Å². The topological polar surface area (TPSA) is 105 Å². The predicted molar refractivity (Wildman–Crippen MR) is 66.4 cm³/mol. The van der Waals surface area contributed by atoms with E-state index in [9.17, 15) is 14.4 Å². The molecule has 1 aromatic carbocycles. The number of nitrogens with zero attached hydrogens (tertiary/aromatic N) is 1. The molecule has 0 bridgehead atoms. The predicted octanol–water partition coefficient (Wildman–Crippen LogP) is -0.729. The quantitative estimate of drug-likeness (QED) is 0.288. The molecule has 4 N–H and O–H groups in total. The molecule has 0 aromatic heterocycles. The Balaban J connectivity index is 2.18. The highest BCUT2D eigenvalue weighted by Crippen LogP contribution is 2.14. The van der Waals surface area contributed by atoms with Crippen molar-refractivity contribution in [3.63, 3.8) is 0 Å². The fourth-order valence-corrected chi connectivity index (χ4v) is 1.89. The molecule has 1 saturated heterocycles. The molecule has 7 heteroatoms. The second kappa shape index (κ2) is 5.49. The number of benzene rings is 1. The summed E-state index contributed by atoms with van der Waals surface area (Å²) in [6.45, 7) is 0.170. The average molecular weight is 262 g/mol. The summed E-state index contributed by atoms with van der Waals surface area (Å²) in [5.41, 5.74) is 3.53. The lowest BCUT2D eigenvalue weighted by atomic mass is 10.0. The largest absolute Gasteiger partial charge is 0.329 e. The van der Waals surface area contributed by atoms with E-state index in [1.807, 2.05) is 0 Å². The molecular formula is C12H14N4O3. The van der Waals surface area contributed by atoms with Crippen LogP contribution in [0.2, 0.25) is 0 Å². The normalized spacial score (nSPS) is 14.5. The summed E-state index contributed by atoms with van der Waals surface area (Å²) in [5.74, 6) is 4.45. The minimum atomic E-state index is -0.414. The van der Waals surface area contributed by atoms with Crippen molar-refractivity contribution in [3.8, 4) is 0 Å². The summed E-state index contributed by atoms with van der Waals surface area (Å²) in [6, 6.07) is 6.70. The SMILES string of the molecule is NNC(=O)Cc1ccccc1CN1C(=O)CNC1=O. The van der Waals surface area contributed by atoms with E-state index in [2.05, 4.69) is 10.7 Å². The molecule has 0 aliphatic carbocycles. The van der Waals surface area contributed by atoms with E-state index >= 15 is 0 Å². The van der Waals surface area contributed by atoms with Crippen molar-refractivity contribution in [2.45, 2.75) is 13.0 Å². The molecule has 0 spiro atoms. The molecule has 0 atom stereocenters. The van der Waals surface area contributed by atoms with Crippen LogP contribution in [0.25, 0.3) is 0 Å². The van der Waals surface area contributed by atoms with Gasteiger partial charge in [-0.25, -0.2) is 10.6 Å². The van der Waals surface area contributed by atoms with Crippen molar-refractivity contribution in [2.75, 3.05) is 6.54 Å². The van der Waals surface area contributed by atoms with E-state index in [4.69, 9.17) is 5.84 Å². The molecule has 0 saturated carbocycles.